The summed E-state index contributed by atoms with van der Waals surface area (Å²) in [6.45, 7) is 7.94. The molecule has 0 spiro atoms. The van der Waals surface area contributed by atoms with Gasteiger partial charge >= 0.3 is 5.97 Å². The zero-order chi connectivity index (χ0) is 16.9. The second-order valence-electron chi connectivity index (χ2n) is 6.07. The third kappa shape index (κ3) is 10.3. The number of carbonyl (C=O) groups excluding carboxylic acids is 1. The van der Waals surface area contributed by atoms with Crippen LogP contribution >= 0.6 is 0 Å². The minimum Gasteiger partial charge on any atom is -0.466 e. The van der Waals surface area contributed by atoms with E-state index < -0.39 is 0 Å². The molecule has 0 aromatic heterocycles. The lowest BCUT2D eigenvalue weighted by Crippen LogP contribution is -2.22. The molecule has 1 heterocycles. The Morgan fingerprint density at radius 2 is 1.91 bits per heavy atom. The highest BCUT2D eigenvalue weighted by molar-refractivity contribution is 5.69. The Morgan fingerprint density at radius 1 is 1.13 bits per heavy atom. The first-order valence-corrected chi connectivity index (χ1v) is 8.82. The van der Waals surface area contributed by atoms with Crippen LogP contribution in [0.2, 0.25) is 0 Å². The molecule has 4 nitrogen and oxygen atoms in total. The van der Waals surface area contributed by atoms with Crippen LogP contribution in [0, 0.1) is 0 Å². The van der Waals surface area contributed by atoms with Crippen molar-refractivity contribution >= 4 is 5.97 Å². The summed E-state index contributed by atoms with van der Waals surface area (Å²) in [5.41, 5.74) is 2.58. The Morgan fingerprint density at radius 3 is 2.61 bits per heavy atom. The molecular weight excluding hydrogens is 292 g/mol. The Kier molecular flexibility index (Phi) is 10.7. The van der Waals surface area contributed by atoms with E-state index in [1.807, 2.05) is 6.92 Å². The lowest BCUT2D eigenvalue weighted by molar-refractivity contribution is -0.155. The molecule has 132 valence electrons. The molecule has 1 rings (SSSR count). The monoisotopic (exact) mass is 324 g/mol. The molecule has 0 radical (unpaired) electrons. The number of allylic oxidation sites excluding steroid dienone is 3. The van der Waals surface area contributed by atoms with Gasteiger partial charge in [0.15, 0.2) is 6.29 Å². The SMILES string of the molecule is CCOC(=O)CC/C(C)=C/CC/C(C)=C/COC1CCCCO1. The quantitative estimate of drug-likeness (QED) is 0.437. The number of hydrogen-bond acceptors (Lipinski definition) is 4. The molecule has 0 aliphatic carbocycles. The van der Waals surface area contributed by atoms with Gasteiger partial charge in [0.1, 0.15) is 0 Å². The molecule has 1 unspecified atom stereocenters. The van der Waals surface area contributed by atoms with E-state index in [-0.39, 0.29) is 12.3 Å². The topological polar surface area (TPSA) is 44.8 Å². The smallest absolute Gasteiger partial charge is 0.306 e. The van der Waals surface area contributed by atoms with Gasteiger partial charge in [-0.2, -0.15) is 0 Å². The van der Waals surface area contributed by atoms with Crippen LogP contribution in [0.25, 0.3) is 0 Å². The van der Waals surface area contributed by atoms with Crippen LogP contribution in [0.1, 0.15) is 65.7 Å². The lowest BCUT2D eigenvalue weighted by Gasteiger charge is -2.22. The Hall–Kier alpha value is -1.13. The molecule has 1 aliphatic rings. The van der Waals surface area contributed by atoms with Crippen LogP contribution in [0.3, 0.4) is 0 Å². The first-order valence-electron chi connectivity index (χ1n) is 8.82. The highest BCUT2D eigenvalue weighted by Crippen LogP contribution is 2.14. The molecule has 0 aromatic rings. The van der Waals surface area contributed by atoms with Crippen molar-refractivity contribution in [2.24, 2.45) is 0 Å². The maximum atomic E-state index is 11.3. The van der Waals surface area contributed by atoms with Crippen molar-refractivity contribution in [1.82, 2.24) is 0 Å². The average molecular weight is 324 g/mol. The van der Waals surface area contributed by atoms with E-state index in [1.165, 1.54) is 17.6 Å². The molecule has 1 atom stereocenters. The van der Waals surface area contributed by atoms with Gasteiger partial charge in [-0.05, 0) is 59.3 Å². The Bertz CT molecular complexity index is 392. The predicted octanol–water partition coefficient (Wildman–Crippen LogP) is 4.55. The van der Waals surface area contributed by atoms with Crippen LogP contribution in [0.15, 0.2) is 23.3 Å². The average Bonchev–Trinajstić information content (AvgIpc) is 2.54. The number of carbonyl (C=O) groups is 1. The van der Waals surface area contributed by atoms with E-state index in [0.717, 1.165) is 38.7 Å². The van der Waals surface area contributed by atoms with Crippen molar-refractivity contribution < 1.29 is 19.0 Å². The molecule has 0 aromatic carbocycles. The maximum absolute atomic E-state index is 11.3. The summed E-state index contributed by atoms with van der Waals surface area (Å²) in [4.78, 5) is 11.3. The third-order valence-corrected chi connectivity index (χ3v) is 3.91. The molecule has 1 aliphatic heterocycles. The third-order valence-electron chi connectivity index (χ3n) is 3.91. The predicted molar refractivity (Wildman–Crippen MR) is 92.2 cm³/mol. The van der Waals surface area contributed by atoms with Gasteiger partial charge in [-0.3, -0.25) is 4.79 Å². The number of ether oxygens (including phenoxy) is 3. The minimum atomic E-state index is -0.113. The molecule has 0 amide bonds. The second-order valence-corrected chi connectivity index (χ2v) is 6.07. The largest absolute Gasteiger partial charge is 0.466 e. The van der Waals surface area contributed by atoms with Gasteiger partial charge < -0.3 is 14.2 Å². The van der Waals surface area contributed by atoms with Crippen LogP contribution < -0.4 is 0 Å². The van der Waals surface area contributed by atoms with Crippen molar-refractivity contribution in [3.8, 4) is 0 Å². The molecule has 0 saturated carbocycles. The van der Waals surface area contributed by atoms with Gasteiger partial charge in [0.05, 0.1) is 13.2 Å². The summed E-state index contributed by atoms with van der Waals surface area (Å²) < 4.78 is 16.2. The van der Waals surface area contributed by atoms with Gasteiger partial charge in [0.2, 0.25) is 0 Å². The molecule has 0 bridgehead atoms. The molecule has 23 heavy (non-hydrogen) atoms. The molecular formula is C19H32O4. The van der Waals surface area contributed by atoms with E-state index in [4.69, 9.17) is 14.2 Å². The second kappa shape index (κ2) is 12.3. The molecule has 1 fully saturated rings. The van der Waals surface area contributed by atoms with Crippen molar-refractivity contribution in [3.05, 3.63) is 23.3 Å². The first kappa shape index (κ1) is 19.9. The summed E-state index contributed by atoms with van der Waals surface area (Å²) in [5.74, 6) is -0.113. The van der Waals surface area contributed by atoms with Gasteiger partial charge in [0.25, 0.3) is 0 Å². The van der Waals surface area contributed by atoms with E-state index in [9.17, 15) is 4.79 Å². The van der Waals surface area contributed by atoms with Crippen LogP contribution in [-0.4, -0.2) is 32.1 Å². The van der Waals surface area contributed by atoms with Crippen molar-refractivity contribution in [2.75, 3.05) is 19.8 Å². The minimum absolute atomic E-state index is 0.0159. The number of rotatable bonds is 10. The first-order chi connectivity index (χ1) is 11.1. The number of esters is 1. The summed E-state index contributed by atoms with van der Waals surface area (Å²) in [7, 11) is 0. The zero-order valence-corrected chi connectivity index (χ0v) is 14.9. The van der Waals surface area contributed by atoms with E-state index >= 15 is 0 Å². The standard InChI is InChI=1S/C19H32O4/c1-4-21-18(20)12-11-16(2)8-7-9-17(3)13-15-23-19-10-5-6-14-22-19/h8,13,19H,4-7,9-12,14-15H2,1-3H3/b16-8+,17-13+. The summed E-state index contributed by atoms with van der Waals surface area (Å²) in [6, 6.07) is 0. The van der Waals surface area contributed by atoms with E-state index in [2.05, 4.69) is 26.0 Å². The zero-order valence-electron chi connectivity index (χ0n) is 14.9. The highest BCUT2D eigenvalue weighted by Gasteiger charge is 2.12. The summed E-state index contributed by atoms with van der Waals surface area (Å²) in [6.07, 6.45) is 11.0. The Labute approximate surface area is 140 Å². The summed E-state index contributed by atoms with van der Waals surface area (Å²) >= 11 is 0. The van der Waals surface area contributed by atoms with Crippen molar-refractivity contribution in [3.63, 3.8) is 0 Å². The molecule has 4 heteroatoms. The van der Waals surface area contributed by atoms with Gasteiger partial charge in [-0.15, -0.1) is 0 Å². The van der Waals surface area contributed by atoms with E-state index in [0.29, 0.717) is 19.6 Å². The molecule has 1 saturated heterocycles. The van der Waals surface area contributed by atoms with E-state index in [1.54, 1.807) is 0 Å². The maximum Gasteiger partial charge on any atom is 0.306 e. The normalized spacial score (nSPS) is 19.7. The fourth-order valence-corrected chi connectivity index (χ4v) is 2.42. The van der Waals surface area contributed by atoms with Crippen LogP contribution in [-0.2, 0) is 19.0 Å². The fraction of sp³-hybridized carbons (Fsp3) is 0.737. The molecule has 0 N–H and O–H groups in total. The lowest BCUT2D eigenvalue weighted by atomic mass is 10.1. The summed E-state index contributed by atoms with van der Waals surface area (Å²) in [5, 5.41) is 0. The van der Waals surface area contributed by atoms with Gasteiger partial charge in [-0.25, -0.2) is 0 Å². The number of hydrogen-bond donors (Lipinski definition) is 0. The Balaban J connectivity index is 2.13. The highest BCUT2D eigenvalue weighted by atomic mass is 16.7. The van der Waals surface area contributed by atoms with Crippen LogP contribution in [0.5, 0.6) is 0 Å². The van der Waals surface area contributed by atoms with Crippen molar-refractivity contribution in [1.29, 1.82) is 0 Å². The van der Waals surface area contributed by atoms with Gasteiger partial charge in [0, 0.05) is 13.0 Å². The van der Waals surface area contributed by atoms with Gasteiger partial charge in [-0.1, -0.05) is 23.3 Å². The van der Waals surface area contributed by atoms with Crippen LogP contribution in [0.4, 0.5) is 0 Å². The fourth-order valence-electron chi connectivity index (χ4n) is 2.42. The van der Waals surface area contributed by atoms with Crippen molar-refractivity contribution in [2.45, 2.75) is 72.0 Å².